The summed E-state index contributed by atoms with van der Waals surface area (Å²) < 4.78 is 5.11. The fraction of sp³-hybridized carbons (Fsp3) is 0.533. The van der Waals surface area contributed by atoms with E-state index in [4.69, 9.17) is 4.74 Å². The number of benzene rings is 1. The maximum absolute atomic E-state index is 12.1. The van der Waals surface area contributed by atoms with Crippen LogP contribution in [-0.2, 0) is 11.2 Å². The summed E-state index contributed by atoms with van der Waals surface area (Å²) in [4.78, 5) is 14.1. The Bertz CT molecular complexity index is 393. The van der Waals surface area contributed by atoms with Crippen molar-refractivity contribution < 1.29 is 9.53 Å². The van der Waals surface area contributed by atoms with E-state index in [1.54, 1.807) is 7.11 Å². The SMILES string of the molecule is COc1ccc(CCC(=O)C(C)(C)N(C)C)cc1. The molecule has 1 rings (SSSR count). The quantitative estimate of drug-likeness (QED) is 0.776. The van der Waals surface area contributed by atoms with Gasteiger partial charge >= 0.3 is 0 Å². The van der Waals surface area contributed by atoms with E-state index in [2.05, 4.69) is 0 Å². The molecule has 3 heteroatoms. The monoisotopic (exact) mass is 249 g/mol. The normalized spacial score (nSPS) is 11.7. The van der Waals surface area contributed by atoms with Crippen LogP contribution < -0.4 is 4.74 Å². The number of rotatable bonds is 6. The number of ether oxygens (including phenoxy) is 1. The molecule has 0 N–H and O–H groups in total. The highest BCUT2D eigenvalue weighted by Crippen LogP contribution is 2.17. The number of carbonyl (C=O) groups is 1. The van der Waals surface area contributed by atoms with Crippen LogP contribution in [0.5, 0.6) is 5.75 Å². The minimum Gasteiger partial charge on any atom is -0.497 e. The van der Waals surface area contributed by atoms with Crippen LogP contribution in [0.4, 0.5) is 0 Å². The summed E-state index contributed by atoms with van der Waals surface area (Å²) in [5, 5.41) is 0. The van der Waals surface area contributed by atoms with Gasteiger partial charge in [-0.15, -0.1) is 0 Å². The van der Waals surface area contributed by atoms with Gasteiger partial charge in [-0.25, -0.2) is 0 Å². The zero-order valence-electron chi connectivity index (χ0n) is 12.0. The first kappa shape index (κ1) is 14.7. The van der Waals surface area contributed by atoms with E-state index in [0.29, 0.717) is 6.42 Å². The molecule has 1 aromatic rings. The minimum atomic E-state index is -0.396. The Morgan fingerprint density at radius 1 is 1.22 bits per heavy atom. The Labute approximate surface area is 110 Å². The highest BCUT2D eigenvalue weighted by Gasteiger charge is 2.28. The van der Waals surface area contributed by atoms with Gasteiger partial charge in [-0.1, -0.05) is 12.1 Å². The average molecular weight is 249 g/mol. The second kappa shape index (κ2) is 6.01. The highest BCUT2D eigenvalue weighted by atomic mass is 16.5. The minimum absolute atomic E-state index is 0.267. The van der Waals surface area contributed by atoms with Crippen molar-refractivity contribution in [1.29, 1.82) is 0 Å². The topological polar surface area (TPSA) is 29.5 Å². The van der Waals surface area contributed by atoms with Gasteiger partial charge in [-0.3, -0.25) is 9.69 Å². The molecule has 0 aliphatic rings. The third-order valence-electron chi connectivity index (χ3n) is 3.60. The van der Waals surface area contributed by atoms with E-state index in [9.17, 15) is 4.79 Å². The molecule has 0 aliphatic heterocycles. The summed E-state index contributed by atoms with van der Waals surface area (Å²) in [5.41, 5.74) is 0.769. The van der Waals surface area contributed by atoms with Crippen LogP contribution in [0.3, 0.4) is 0 Å². The van der Waals surface area contributed by atoms with Crippen LogP contribution >= 0.6 is 0 Å². The van der Waals surface area contributed by atoms with E-state index in [-0.39, 0.29) is 5.78 Å². The average Bonchev–Trinajstić information content (AvgIpc) is 2.36. The zero-order chi connectivity index (χ0) is 13.8. The van der Waals surface area contributed by atoms with Gasteiger partial charge in [0, 0.05) is 6.42 Å². The Kier molecular flexibility index (Phi) is 4.91. The van der Waals surface area contributed by atoms with Crippen molar-refractivity contribution in [2.24, 2.45) is 0 Å². The molecule has 1 aromatic carbocycles. The van der Waals surface area contributed by atoms with Crippen molar-refractivity contribution in [1.82, 2.24) is 4.90 Å². The molecule has 0 bridgehead atoms. The first-order valence-electron chi connectivity index (χ1n) is 6.21. The molecule has 0 spiro atoms. The molecule has 18 heavy (non-hydrogen) atoms. The summed E-state index contributed by atoms with van der Waals surface area (Å²) in [5.74, 6) is 1.11. The van der Waals surface area contributed by atoms with Crippen LogP contribution in [0.1, 0.15) is 25.8 Å². The van der Waals surface area contributed by atoms with Gasteiger partial charge < -0.3 is 4.74 Å². The second-order valence-corrected chi connectivity index (χ2v) is 5.22. The van der Waals surface area contributed by atoms with E-state index in [1.165, 1.54) is 5.56 Å². The fourth-order valence-electron chi connectivity index (χ4n) is 1.61. The molecule has 0 atom stereocenters. The summed E-state index contributed by atoms with van der Waals surface area (Å²) in [7, 11) is 5.52. The molecule has 0 aromatic heterocycles. The standard InChI is InChI=1S/C15H23NO2/c1-15(2,16(3)4)14(17)11-8-12-6-9-13(18-5)10-7-12/h6-7,9-10H,8,11H2,1-5H3. The van der Waals surface area contributed by atoms with Crippen molar-refractivity contribution in [3.63, 3.8) is 0 Å². The van der Waals surface area contributed by atoms with Gasteiger partial charge in [0.15, 0.2) is 5.78 Å². The van der Waals surface area contributed by atoms with Gasteiger partial charge in [-0.05, 0) is 52.1 Å². The lowest BCUT2D eigenvalue weighted by atomic mass is 9.93. The third kappa shape index (κ3) is 3.57. The molecule has 0 unspecified atom stereocenters. The lowest BCUT2D eigenvalue weighted by Gasteiger charge is -2.30. The largest absolute Gasteiger partial charge is 0.497 e. The summed E-state index contributed by atoms with van der Waals surface area (Å²) in [6.45, 7) is 3.92. The molecule has 0 saturated heterocycles. The number of likely N-dealkylation sites (N-methyl/N-ethyl adjacent to an activating group) is 1. The van der Waals surface area contributed by atoms with Gasteiger partial charge in [-0.2, -0.15) is 0 Å². The molecular weight excluding hydrogens is 226 g/mol. The van der Waals surface area contributed by atoms with Gasteiger partial charge in [0.05, 0.1) is 12.6 Å². The van der Waals surface area contributed by atoms with Crippen molar-refractivity contribution in [2.75, 3.05) is 21.2 Å². The number of aryl methyl sites for hydroxylation is 1. The Morgan fingerprint density at radius 2 is 1.78 bits per heavy atom. The van der Waals surface area contributed by atoms with Gasteiger partial charge in [0.1, 0.15) is 5.75 Å². The van der Waals surface area contributed by atoms with Crippen LogP contribution in [0.15, 0.2) is 24.3 Å². The molecule has 3 nitrogen and oxygen atoms in total. The van der Waals surface area contributed by atoms with E-state index < -0.39 is 5.54 Å². The number of carbonyl (C=O) groups excluding carboxylic acids is 1. The van der Waals surface area contributed by atoms with Crippen molar-refractivity contribution in [3.8, 4) is 5.75 Å². The predicted molar refractivity (Wildman–Crippen MR) is 74.1 cm³/mol. The molecule has 0 amide bonds. The first-order valence-corrected chi connectivity index (χ1v) is 6.21. The number of hydrogen-bond donors (Lipinski definition) is 0. The van der Waals surface area contributed by atoms with Crippen LogP contribution in [0, 0.1) is 0 Å². The number of nitrogens with zero attached hydrogens (tertiary/aromatic N) is 1. The van der Waals surface area contributed by atoms with E-state index >= 15 is 0 Å². The Hall–Kier alpha value is -1.35. The van der Waals surface area contributed by atoms with Crippen molar-refractivity contribution >= 4 is 5.78 Å². The fourth-order valence-corrected chi connectivity index (χ4v) is 1.61. The van der Waals surface area contributed by atoms with E-state index in [0.717, 1.165) is 12.2 Å². The number of hydrogen-bond acceptors (Lipinski definition) is 3. The first-order chi connectivity index (χ1) is 8.37. The Balaban J connectivity index is 2.57. The molecule has 0 radical (unpaired) electrons. The lowest BCUT2D eigenvalue weighted by Crippen LogP contribution is -2.45. The van der Waals surface area contributed by atoms with Crippen molar-refractivity contribution in [3.05, 3.63) is 29.8 Å². The second-order valence-electron chi connectivity index (χ2n) is 5.22. The highest BCUT2D eigenvalue weighted by molar-refractivity contribution is 5.87. The smallest absolute Gasteiger partial charge is 0.152 e. The molecule has 0 heterocycles. The number of Topliss-reactive ketones (excluding diaryl/α,β-unsaturated/α-hetero) is 1. The maximum Gasteiger partial charge on any atom is 0.152 e. The predicted octanol–water partition coefficient (Wildman–Crippen LogP) is 2.54. The maximum atomic E-state index is 12.1. The van der Waals surface area contributed by atoms with Crippen LogP contribution in [-0.4, -0.2) is 37.4 Å². The molecule has 0 saturated carbocycles. The Morgan fingerprint density at radius 3 is 2.22 bits per heavy atom. The number of ketones is 1. The molecule has 100 valence electrons. The van der Waals surface area contributed by atoms with Crippen LogP contribution in [0.25, 0.3) is 0 Å². The van der Waals surface area contributed by atoms with Gasteiger partial charge in [0.2, 0.25) is 0 Å². The van der Waals surface area contributed by atoms with Crippen LogP contribution in [0.2, 0.25) is 0 Å². The molecule has 0 fully saturated rings. The summed E-state index contributed by atoms with van der Waals surface area (Å²) in [6.07, 6.45) is 1.34. The summed E-state index contributed by atoms with van der Waals surface area (Å²) in [6, 6.07) is 7.87. The van der Waals surface area contributed by atoms with E-state index in [1.807, 2.05) is 57.1 Å². The third-order valence-corrected chi connectivity index (χ3v) is 3.60. The lowest BCUT2D eigenvalue weighted by molar-refractivity contribution is -0.127. The number of methoxy groups -OCH3 is 1. The summed E-state index contributed by atoms with van der Waals surface area (Å²) >= 11 is 0. The van der Waals surface area contributed by atoms with Crippen molar-refractivity contribution in [2.45, 2.75) is 32.2 Å². The zero-order valence-corrected chi connectivity index (χ0v) is 12.0. The molecule has 0 aliphatic carbocycles. The van der Waals surface area contributed by atoms with Gasteiger partial charge in [0.25, 0.3) is 0 Å². The molecular formula is C15H23NO2.